The molecule has 94 valence electrons. The smallest absolute Gasteiger partial charge is 0.410 e. The van der Waals surface area contributed by atoms with Crippen molar-refractivity contribution in [1.29, 1.82) is 0 Å². The van der Waals surface area contributed by atoms with Gasteiger partial charge in [-0.1, -0.05) is 6.92 Å². The predicted octanol–water partition coefficient (Wildman–Crippen LogP) is 2.12. The van der Waals surface area contributed by atoms with E-state index in [0.29, 0.717) is 13.1 Å². The zero-order valence-corrected chi connectivity index (χ0v) is 10.9. The van der Waals surface area contributed by atoms with Crippen LogP contribution in [0.1, 0.15) is 47.0 Å². The van der Waals surface area contributed by atoms with Gasteiger partial charge in [-0.15, -0.1) is 0 Å². The first kappa shape index (κ1) is 13.3. The summed E-state index contributed by atoms with van der Waals surface area (Å²) in [6, 6.07) is 0. The third-order valence-corrected chi connectivity index (χ3v) is 3.12. The van der Waals surface area contributed by atoms with Crippen LogP contribution in [0.15, 0.2) is 0 Å². The largest absolute Gasteiger partial charge is 0.444 e. The highest BCUT2D eigenvalue weighted by molar-refractivity contribution is 5.68. The summed E-state index contributed by atoms with van der Waals surface area (Å²) >= 11 is 0. The van der Waals surface area contributed by atoms with E-state index in [1.807, 2.05) is 20.8 Å². The summed E-state index contributed by atoms with van der Waals surface area (Å²) < 4.78 is 5.33. The monoisotopic (exact) mass is 228 g/mol. The van der Waals surface area contributed by atoms with Crippen molar-refractivity contribution < 1.29 is 9.53 Å². The maximum absolute atomic E-state index is 11.8. The number of nitrogens with two attached hydrogens (primary N) is 1. The second kappa shape index (κ2) is 4.62. The molecular weight excluding hydrogens is 204 g/mol. The second-order valence-electron chi connectivity index (χ2n) is 5.68. The van der Waals surface area contributed by atoms with Gasteiger partial charge in [-0.2, -0.15) is 0 Å². The Morgan fingerprint density at radius 2 is 1.88 bits per heavy atom. The highest BCUT2D eigenvalue weighted by atomic mass is 16.6. The van der Waals surface area contributed by atoms with Crippen molar-refractivity contribution in [2.45, 2.75) is 58.1 Å². The van der Waals surface area contributed by atoms with Crippen molar-refractivity contribution in [2.75, 3.05) is 13.1 Å². The summed E-state index contributed by atoms with van der Waals surface area (Å²) in [7, 11) is 0. The number of nitrogens with zero attached hydrogens (tertiary/aromatic N) is 1. The quantitative estimate of drug-likeness (QED) is 0.748. The molecule has 0 aromatic heterocycles. The van der Waals surface area contributed by atoms with Crippen molar-refractivity contribution >= 4 is 6.09 Å². The van der Waals surface area contributed by atoms with E-state index in [9.17, 15) is 4.79 Å². The van der Waals surface area contributed by atoms with E-state index in [4.69, 9.17) is 10.5 Å². The SMILES string of the molecule is CCC1(N)CCN(C(=O)OC(C)(C)C)CC1. The van der Waals surface area contributed by atoms with Gasteiger partial charge < -0.3 is 15.4 Å². The highest BCUT2D eigenvalue weighted by Gasteiger charge is 2.32. The molecule has 1 rings (SSSR count). The van der Waals surface area contributed by atoms with Gasteiger partial charge >= 0.3 is 6.09 Å². The first-order valence-corrected chi connectivity index (χ1v) is 6.02. The van der Waals surface area contributed by atoms with E-state index >= 15 is 0 Å². The average molecular weight is 228 g/mol. The minimum Gasteiger partial charge on any atom is -0.444 e. The number of carbonyl (C=O) groups excluding carboxylic acids is 1. The zero-order valence-electron chi connectivity index (χ0n) is 10.9. The van der Waals surface area contributed by atoms with Crippen LogP contribution in [-0.2, 0) is 4.74 Å². The summed E-state index contributed by atoms with van der Waals surface area (Å²) in [5, 5.41) is 0. The van der Waals surface area contributed by atoms with Gasteiger partial charge in [0.1, 0.15) is 5.60 Å². The molecule has 4 heteroatoms. The van der Waals surface area contributed by atoms with Gasteiger partial charge in [0.2, 0.25) is 0 Å². The van der Waals surface area contributed by atoms with Crippen molar-refractivity contribution in [3.05, 3.63) is 0 Å². The molecule has 1 amide bonds. The van der Waals surface area contributed by atoms with Gasteiger partial charge in [-0.05, 0) is 40.0 Å². The van der Waals surface area contributed by atoms with E-state index in [2.05, 4.69) is 6.92 Å². The number of amides is 1. The standard InChI is InChI=1S/C12H24N2O2/c1-5-12(13)6-8-14(9-7-12)10(15)16-11(2,3)4/h5-9,13H2,1-4H3. The lowest BCUT2D eigenvalue weighted by atomic mass is 9.86. The number of hydrogen-bond acceptors (Lipinski definition) is 3. The van der Waals surface area contributed by atoms with Crippen LogP contribution in [-0.4, -0.2) is 35.2 Å². The molecule has 1 saturated heterocycles. The maximum Gasteiger partial charge on any atom is 0.410 e. The van der Waals surface area contributed by atoms with Crippen LogP contribution in [0.3, 0.4) is 0 Å². The van der Waals surface area contributed by atoms with Crippen LogP contribution in [0.2, 0.25) is 0 Å². The van der Waals surface area contributed by atoms with E-state index in [-0.39, 0.29) is 11.6 Å². The van der Waals surface area contributed by atoms with Crippen LogP contribution < -0.4 is 5.73 Å². The molecule has 1 aliphatic heterocycles. The predicted molar refractivity (Wildman–Crippen MR) is 64.3 cm³/mol. The minimum atomic E-state index is -0.418. The fourth-order valence-electron chi connectivity index (χ4n) is 1.81. The number of likely N-dealkylation sites (tertiary alicyclic amines) is 1. The average Bonchev–Trinajstić information content (AvgIpc) is 2.16. The molecule has 0 spiro atoms. The third-order valence-electron chi connectivity index (χ3n) is 3.12. The fourth-order valence-corrected chi connectivity index (χ4v) is 1.81. The topological polar surface area (TPSA) is 55.6 Å². The molecule has 0 aromatic rings. The lowest BCUT2D eigenvalue weighted by Crippen LogP contribution is -2.52. The van der Waals surface area contributed by atoms with E-state index < -0.39 is 5.60 Å². The lowest BCUT2D eigenvalue weighted by molar-refractivity contribution is 0.0167. The Bertz CT molecular complexity index is 250. The molecule has 0 saturated carbocycles. The Balaban J connectivity index is 2.45. The summed E-state index contributed by atoms with van der Waals surface area (Å²) in [5.41, 5.74) is 5.67. The van der Waals surface area contributed by atoms with Crippen LogP contribution in [0, 0.1) is 0 Å². The first-order chi connectivity index (χ1) is 7.26. The number of ether oxygens (including phenoxy) is 1. The van der Waals surface area contributed by atoms with Crippen molar-refractivity contribution in [3.8, 4) is 0 Å². The fraction of sp³-hybridized carbons (Fsp3) is 0.917. The van der Waals surface area contributed by atoms with Crippen LogP contribution in [0.5, 0.6) is 0 Å². The Labute approximate surface area is 98.1 Å². The number of carbonyl (C=O) groups is 1. The number of hydrogen-bond donors (Lipinski definition) is 1. The molecule has 16 heavy (non-hydrogen) atoms. The molecular formula is C12H24N2O2. The third kappa shape index (κ3) is 3.67. The Hall–Kier alpha value is -0.770. The minimum absolute atomic E-state index is 0.0848. The molecule has 1 heterocycles. The first-order valence-electron chi connectivity index (χ1n) is 6.02. The van der Waals surface area contributed by atoms with Crippen molar-refractivity contribution in [3.63, 3.8) is 0 Å². The van der Waals surface area contributed by atoms with Crippen LogP contribution >= 0.6 is 0 Å². The van der Waals surface area contributed by atoms with Gasteiger partial charge in [0, 0.05) is 18.6 Å². The maximum atomic E-state index is 11.8. The number of piperidine rings is 1. The molecule has 1 aliphatic rings. The van der Waals surface area contributed by atoms with E-state index in [0.717, 1.165) is 19.3 Å². The summed E-state index contributed by atoms with van der Waals surface area (Å²) in [6.07, 6.45) is 2.48. The molecule has 0 atom stereocenters. The Kier molecular flexibility index (Phi) is 3.84. The van der Waals surface area contributed by atoms with Crippen LogP contribution in [0.4, 0.5) is 4.79 Å². The van der Waals surface area contributed by atoms with Gasteiger partial charge in [0.15, 0.2) is 0 Å². The molecule has 0 unspecified atom stereocenters. The Morgan fingerprint density at radius 1 is 1.38 bits per heavy atom. The van der Waals surface area contributed by atoms with Crippen molar-refractivity contribution in [1.82, 2.24) is 4.90 Å². The normalized spacial score (nSPS) is 20.7. The van der Waals surface area contributed by atoms with Gasteiger partial charge in [0.25, 0.3) is 0 Å². The molecule has 0 aromatic carbocycles. The summed E-state index contributed by atoms with van der Waals surface area (Å²) in [4.78, 5) is 13.5. The van der Waals surface area contributed by atoms with Crippen LogP contribution in [0.25, 0.3) is 0 Å². The Morgan fingerprint density at radius 3 is 2.25 bits per heavy atom. The highest BCUT2D eigenvalue weighted by Crippen LogP contribution is 2.23. The number of rotatable bonds is 1. The molecule has 2 N–H and O–H groups in total. The molecule has 0 bridgehead atoms. The van der Waals surface area contributed by atoms with Gasteiger partial charge in [0.05, 0.1) is 0 Å². The lowest BCUT2D eigenvalue weighted by Gasteiger charge is -2.39. The van der Waals surface area contributed by atoms with Crippen molar-refractivity contribution in [2.24, 2.45) is 5.73 Å². The summed E-state index contributed by atoms with van der Waals surface area (Å²) in [5.74, 6) is 0. The van der Waals surface area contributed by atoms with Gasteiger partial charge in [-0.3, -0.25) is 0 Å². The summed E-state index contributed by atoms with van der Waals surface area (Å²) in [6.45, 7) is 9.16. The molecule has 1 fully saturated rings. The van der Waals surface area contributed by atoms with Gasteiger partial charge in [-0.25, -0.2) is 4.79 Å². The molecule has 4 nitrogen and oxygen atoms in total. The molecule has 0 aliphatic carbocycles. The van der Waals surface area contributed by atoms with E-state index in [1.165, 1.54) is 0 Å². The molecule has 0 radical (unpaired) electrons. The second-order valence-corrected chi connectivity index (χ2v) is 5.68. The zero-order chi connectivity index (χ0) is 12.4. The van der Waals surface area contributed by atoms with E-state index in [1.54, 1.807) is 4.90 Å².